The average molecular weight is 294 g/mol. The second kappa shape index (κ2) is 6.04. The molecule has 0 spiro atoms. The third-order valence-electron chi connectivity index (χ3n) is 2.99. The number of thiophene rings is 1. The molecule has 0 unspecified atom stereocenters. The van der Waals surface area contributed by atoms with Crippen LogP contribution >= 0.6 is 11.3 Å². The van der Waals surface area contributed by atoms with Crippen LogP contribution in [0.1, 0.15) is 28.8 Å². The molecule has 7 heteroatoms. The van der Waals surface area contributed by atoms with Crippen molar-refractivity contribution in [1.29, 1.82) is 0 Å². The number of rotatable bonds is 6. The molecule has 0 aromatic carbocycles. The number of hydrogen-bond acceptors (Lipinski definition) is 5. The van der Waals surface area contributed by atoms with Crippen molar-refractivity contribution >= 4 is 22.8 Å². The molecule has 6 nitrogen and oxygen atoms in total. The van der Waals surface area contributed by atoms with Gasteiger partial charge in [-0.1, -0.05) is 13.3 Å². The molecule has 0 aliphatic carbocycles. The minimum atomic E-state index is -0.347. The van der Waals surface area contributed by atoms with Crippen LogP contribution in [0.25, 0.3) is 0 Å². The first-order valence-electron chi connectivity index (χ1n) is 6.52. The third kappa shape index (κ3) is 2.98. The molecule has 1 N–H and O–H groups in total. The summed E-state index contributed by atoms with van der Waals surface area (Å²) in [6, 6.07) is 4.07. The highest BCUT2D eigenvalue weighted by atomic mass is 32.1. The lowest BCUT2D eigenvalue weighted by atomic mass is 10.2. The van der Waals surface area contributed by atoms with Gasteiger partial charge in [-0.25, -0.2) is 4.68 Å². The van der Waals surface area contributed by atoms with E-state index >= 15 is 0 Å². The van der Waals surface area contributed by atoms with Gasteiger partial charge in [-0.2, -0.15) is 5.10 Å². The second-order valence-corrected chi connectivity index (χ2v) is 6.01. The number of nitrogens with one attached hydrogen (secondary N) is 1. The molecule has 0 fully saturated rings. The molecule has 2 rings (SSSR count). The number of nitro groups is 1. The van der Waals surface area contributed by atoms with Crippen LogP contribution in [0.5, 0.6) is 0 Å². The topological polar surface area (TPSA) is 73.0 Å². The summed E-state index contributed by atoms with van der Waals surface area (Å²) in [7, 11) is 1.73. The SMILES string of the molecule is CCCc1nn(C)c(NCc2ccc(C)s2)c1[N+](=O)[O-]. The molecule has 2 aromatic heterocycles. The van der Waals surface area contributed by atoms with Gasteiger partial charge in [0.2, 0.25) is 5.82 Å². The van der Waals surface area contributed by atoms with Crippen LogP contribution in [-0.4, -0.2) is 14.7 Å². The van der Waals surface area contributed by atoms with Crippen molar-refractivity contribution in [2.75, 3.05) is 5.32 Å². The molecule has 2 heterocycles. The summed E-state index contributed by atoms with van der Waals surface area (Å²) in [4.78, 5) is 13.3. The summed E-state index contributed by atoms with van der Waals surface area (Å²) >= 11 is 1.68. The highest BCUT2D eigenvalue weighted by Crippen LogP contribution is 2.29. The van der Waals surface area contributed by atoms with E-state index < -0.39 is 0 Å². The molecule has 2 aromatic rings. The van der Waals surface area contributed by atoms with Crippen LogP contribution in [0.15, 0.2) is 12.1 Å². The number of hydrogen-bond donors (Lipinski definition) is 1. The van der Waals surface area contributed by atoms with E-state index in [9.17, 15) is 10.1 Å². The Morgan fingerprint density at radius 3 is 2.80 bits per heavy atom. The summed E-state index contributed by atoms with van der Waals surface area (Å²) in [6.07, 6.45) is 1.45. The van der Waals surface area contributed by atoms with Crippen LogP contribution in [0.3, 0.4) is 0 Å². The predicted molar refractivity (Wildman–Crippen MR) is 80.2 cm³/mol. The smallest absolute Gasteiger partial charge is 0.334 e. The lowest BCUT2D eigenvalue weighted by Crippen LogP contribution is -2.05. The number of nitrogens with zero attached hydrogens (tertiary/aromatic N) is 3. The van der Waals surface area contributed by atoms with Crippen molar-refractivity contribution in [1.82, 2.24) is 9.78 Å². The van der Waals surface area contributed by atoms with E-state index in [0.29, 0.717) is 24.5 Å². The van der Waals surface area contributed by atoms with E-state index in [4.69, 9.17) is 0 Å². The fraction of sp³-hybridized carbons (Fsp3) is 0.462. The molecule has 0 saturated carbocycles. The Morgan fingerprint density at radius 1 is 1.50 bits per heavy atom. The molecule has 0 aliphatic heterocycles. The Labute approximate surface area is 121 Å². The molecule has 0 atom stereocenters. The van der Waals surface area contributed by atoms with Crippen molar-refractivity contribution in [3.63, 3.8) is 0 Å². The zero-order valence-electron chi connectivity index (χ0n) is 11.8. The van der Waals surface area contributed by atoms with Crippen molar-refractivity contribution in [3.8, 4) is 0 Å². The van der Waals surface area contributed by atoms with Crippen molar-refractivity contribution in [2.45, 2.75) is 33.2 Å². The fourth-order valence-electron chi connectivity index (χ4n) is 2.11. The Kier molecular flexibility index (Phi) is 4.39. The maximum Gasteiger partial charge on any atom is 0.334 e. The number of aromatic nitrogens is 2. The van der Waals surface area contributed by atoms with Gasteiger partial charge in [-0.15, -0.1) is 11.3 Å². The van der Waals surface area contributed by atoms with E-state index in [1.165, 1.54) is 4.88 Å². The van der Waals surface area contributed by atoms with Crippen molar-refractivity contribution < 1.29 is 4.92 Å². The van der Waals surface area contributed by atoms with Gasteiger partial charge in [0.1, 0.15) is 5.69 Å². The average Bonchev–Trinajstić information content (AvgIpc) is 2.91. The molecule has 0 aliphatic rings. The minimum Gasteiger partial charge on any atom is -0.360 e. The summed E-state index contributed by atoms with van der Waals surface area (Å²) in [5, 5.41) is 18.7. The summed E-state index contributed by atoms with van der Waals surface area (Å²) in [5.41, 5.74) is 0.646. The first-order valence-corrected chi connectivity index (χ1v) is 7.34. The second-order valence-electron chi connectivity index (χ2n) is 4.64. The molecule has 0 saturated heterocycles. The van der Waals surface area contributed by atoms with Crippen molar-refractivity contribution in [3.05, 3.63) is 37.7 Å². The Morgan fingerprint density at radius 2 is 2.25 bits per heavy atom. The van der Waals surface area contributed by atoms with Gasteiger partial charge in [-0.05, 0) is 25.5 Å². The highest BCUT2D eigenvalue weighted by Gasteiger charge is 2.25. The molecular formula is C13H18N4O2S. The summed E-state index contributed by atoms with van der Waals surface area (Å²) in [6.45, 7) is 4.60. The predicted octanol–water partition coefficient (Wildman–Crippen LogP) is 3.26. The number of anilines is 1. The van der Waals surface area contributed by atoms with E-state index in [1.807, 2.05) is 26.0 Å². The Balaban J connectivity index is 2.23. The molecule has 108 valence electrons. The van der Waals surface area contributed by atoms with Crippen molar-refractivity contribution in [2.24, 2.45) is 7.05 Å². The number of aryl methyl sites for hydroxylation is 3. The molecule has 0 amide bonds. The van der Waals surface area contributed by atoms with Crippen LogP contribution in [0.4, 0.5) is 11.5 Å². The Bertz CT molecular complexity index is 618. The van der Waals surface area contributed by atoms with Gasteiger partial charge < -0.3 is 5.32 Å². The van der Waals surface area contributed by atoms with Gasteiger partial charge in [-0.3, -0.25) is 10.1 Å². The van der Waals surface area contributed by atoms with Crippen LogP contribution in [0, 0.1) is 17.0 Å². The monoisotopic (exact) mass is 294 g/mol. The summed E-state index contributed by atoms with van der Waals surface area (Å²) < 4.78 is 1.56. The van der Waals surface area contributed by atoms with Crippen LogP contribution in [-0.2, 0) is 20.0 Å². The first-order chi connectivity index (χ1) is 9.52. The maximum atomic E-state index is 11.3. The molecular weight excluding hydrogens is 276 g/mol. The van der Waals surface area contributed by atoms with E-state index in [2.05, 4.69) is 10.4 Å². The molecule has 0 bridgehead atoms. The van der Waals surface area contributed by atoms with Gasteiger partial charge in [0.25, 0.3) is 0 Å². The van der Waals surface area contributed by atoms with Gasteiger partial charge in [0.15, 0.2) is 0 Å². The standard InChI is InChI=1S/C13H18N4O2S/c1-4-5-11-12(17(18)19)13(16(3)15-11)14-8-10-7-6-9(2)20-10/h6-7,14H,4-5,8H2,1-3H3. The minimum absolute atomic E-state index is 0.0997. The van der Waals surface area contributed by atoms with Gasteiger partial charge in [0.05, 0.1) is 11.5 Å². The lowest BCUT2D eigenvalue weighted by Gasteiger charge is -2.04. The fourth-order valence-corrected chi connectivity index (χ4v) is 2.94. The maximum absolute atomic E-state index is 11.3. The van der Waals surface area contributed by atoms with Gasteiger partial charge >= 0.3 is 5.69 Å². The quantitative estimate of drug-likeness (QED) is 0.655. The Hall–Kier alpha value is -1.89. The van der Waals surface area contributed by atoms with E-state index in [0.717, 1.165) is 11.3 Å². The largest absolute Gasteiger partial charge is 0.360 e. The molecule has 20 heavy (non-hydrogen) atoms. The highest BCUT2D eigenvalue weighted by molar-refractivity contribution is 7.11. The zero-order chi connectivity index (χ0) is 14.7. The normalized spacial score (nSPS) is 10.8. The molecule has 0 radical (unpaired) electrons. The summed E-state index contributed by atoms with van der Waals surface area (Å²) in [5.74, 6) is 0.476. The van der Waals surface area contributed by atoms with Gasteiger partial charge in [0, 0.05) is 16.8 Å². The lowest BCUT2D eigenvalue weighted by molar-refractivity contribution is -0.384. The van der Waals surface area contributed by atoms with E-state index in [1.54, 1.807) is 23.1 Å². The van der Waals surface area contributed by atoms with E-state index in [-0.39, 0.29) is 10.6 Å². The first kappa shape index (κ1) is 14.5. The third-order valence-corrected chi connectivity index (χ3v) is 3.99. The van der Waals surface area contributed by atoms with Crippen LogP contribution in [0.2, 0.25) is 0 Å². The zero-order valence-corrected chi connectivity index (χ0v) is 12.7. The van der Waals surface area contributed by atoms with Crippen LogP contribution < -0.4 is 5.32 Å².